The second-order valence-electron chi connectivity index (χ2n) is 3.47. The zero-order chi connectivity index (χ0) is 11.3. The van der Waals surface area contributed by atoms with E-state index in [4.69, 9.17) is 15.9 Å². The fourth-order valence-electron chi connectivity index (χ4n) is 1.32. The SMILES string of the molecule is N[C@H](CCc1ccccc1)[C@@H](O)C(=O)O. The summed E-state index contributed by atoms with van der Waals surface area (Å²) in [5, 5.41) is 17.7. The van der Waals surface area contributed by atoms with Gasteiger partial charge < -0.3 is 15.9 Å². The van der Waals surface area contributed by atoms with Crippen LogP contribution in [0.4, 0.5) is 0 Å². The van der Waals surface area contributed by atoms with E-state index in [1.807, 2.05) is 30.3 Å². The number of carboxylic acid groups (broad SMARTS) is 1. The number of rotatable bonds is 5. The number of carbonyl (C=O) groups is 1. The molecule has 0 saturated heterocycles. The molecule has 0 radical (unpaired) electrons. The molecule has 0 fully saturated rings. The van der Waals surface area contributed by atoms with Crippen LogP contribution in [0.5, 0.6) is 0 Å². The van der Waals surface area contributed by atoms with Gasteiger partial charge in [0, 0.05) is 6.04 Å². The van der Waals surface area contributed by atoms with E-state index in [1.165, 1.54) is 0 Å². The van der Waals surface area contributed by atoms with Gasteiger partial charge in [0.15, 0.2) is 6.10 Å². The van der Waals surface area contributed by atoms with Gasteiger partial charge in [0.1, 0.15) is 0 Å². The lowest BCUT2D eigenvalue weighted by molar-refractivity contribution is -0.147. The van der Waals surface area contributed by atoms with E-state index in [0.717, 1.165) is 5.56 Å². The van der Waals surface area contributed by atoms with Crippen LogP contribution in [0.25, 0.3) is 0 Å². The van der Waals surface area contributed by atoms with E-state index < -0.39 is 18.1 Å². The average Bonchev–Trinajstić information content (AvgIpc) is 2.26. The number of aliphatic hydroxyl groups excluding tert-OH is 1. The number of benzene rings is 1. The molecule has 1 rings (SSSR count). The molecule has 0 spiro atoms. The topological polar surface area (TPSA) is 83.5 Å². The van der Waals surface area contributed by atoms with Crippen LogP contribution in [0.3, 0.4) is 0 Å². The first-order valence-electron chi connectivity index (χ1n) is 4.81. The predicted molar refractivity (Wildman–Crippen MR) is 56.4 cm³/mol. The highest BCUT2D eigenvalue weighted by Crippen LogP contribution is 2.06. The Morgan fingerprint density at radius 1 is 1.33 bits per heavy atom. The minimum Gasteiger partial charge on any atom is -0.479 e. The van der Waals surface area contributed by atoms with Crippen LogP contribution in [-0.4, -0.2) is 28.3 Å². The monoisotopic (exact) mass is 209 g/mol. The number of nitrogens with two attached hydrogens (primary N) is 1. The van der Waals surface area contributed by atoms with Crippen LogP contribution in [-0.2, 0) is 11.2 Å². The molecular weight excluding hydrogens is 194 g/mol. The Hall–Kier alpha value is -1.39. The molecule has 4 N–H and O–H groups in total. The largest absolute Gasteiger partial charge is 0.479 e. The van der Waals surface area contributed by atoms with Crippen molar-refractivity contribution in [3.63, 3.8) is 0 Å². The van der Waals surface area contributed by atoms with Crippen molar-refractivity contribution in [2.75, 3.05) is 0 Å². The molecule has 1 aromatic carbocycles. The molecule has 0 amide bonds. The molecule has 0 aliphatic heterocycles. The van der Waals surface area contributed by atoms with Gasteiger partial charge in [-0.25, -0.2) is 4.79 Å². The normalized spacial score (nSPS) is 14.5. The third-order valence-corrected chi connectivity index (χ3v) is 2.27. The Morgan fingerprint density at radius 3 is 2.47 bits per heavy atom. The van der Waals surface area contributed by atoms with Crippen molar-refractivity contribution in [1.82, 2.24) is 0 Å². The highest BCUT2D eigenvalue weighted by atomic mass is 16.4. The quantitative estimate of drug-likeness (QED) is 0.655. The summed E-state index contributed by atoms with van der Waals surface area (Å²) in [5.74, 6) is -1.27. The summed E-state index contributed by atoms with van der Waals surface area (Å²) >= 11 is 0. The van der Waals surface area contributed by atoms with Gasteiger partial charge in [-0.1, -0.05) is 30.3 Å². The summed E-state index contributed by atoms with van der Waals surface area (Å²) in [4.78, 5) is 10.4. The number of hydrogen-bond acceptors (Lipinski definition) is 3. The van der Waals surface area contributed by atoms with E-state index in [0.29, 0.717) is 12.8 Å². The molecule has 1 aromatic rings. The molecule has 4 nitrogen and oxygen atoms in total. The van der Waals surface area contributed by atoms with Gasteiger partial charge in [0.25, 0.3) is 0 Å². The molecule has 0 saturated carbocycles. The first kappa shape index (κ1) is 11.7. The molecule has 15 heavy (non-hydrogen) atoms. The van der Waals surface area contributed by atoms with Gasteiger partial charge in [0.05, 0.1) is 0 Å². The van der Waals surface area contributed by atoms with Crippen molar-refractivity contribution < 1.29 is 15.0 Å². The zero-order valence-electron chi connectivity index (χ0n) is 8.34. The Morgan fingerprint density at radius 2 is 1.93 bits per heavy atom. The Balaban J connectivity index is 2.41. The summed E-state index contributed by atoms with van der Waals surface area (Å²) in [6.45, 7) is 0. The second kappa shape index (κ2) is 5.48. The summed E-state index contributed by atoms with van der Waals surface area (Å²) in [6, 6.07) is 8.90. The summed E-state index contributed by atoms with van der Waals surface area (Å²) < 4.78 is 0. The van der Waals surface area contributed by atoms with Crippen molar-refractivity contribution in [2.45, 2.75) is 25.0 Å². The molecule has 82 valence electrons. The minimum absolute atomic E-state index is 0.456. The summed E-state index contributed by atoms with van der Waals surface area (Å²) in [7, 11) is 0. The van der Waals surface area contributed by atoms with Gasteiger partial charge in [-0.2, -0.15) is 0 Å². The maximum Gasteiger partial charge on any atom is 0.334 e. The molecule has 0 aromatic heterocycles. The first-order valence-corrected chi connectivity index (χ1v) is 4.81. The van der Waals surface area contributed by atoms with Crippen LogP contribution >= 0.6 is 0 Å². The highest BCUT2D eigenvalue weighted by Gasteiger charge is 2.21. The van der Waals surface area contributed by atoms with Crippen LogP contribution in [0.1, 0.15) is 12.0 Å². The maximum atomic E-state index is 10.4. The van der Waals surface area contributed by atoms with Crippen molar-refractivity contribution in [3.8, 4) is 0 Å². The van der Waals surface area contributed by atoms with Crippen molar-refractivity contribution in [2.24, 2.45) is 5.73 Å². The van der Waals surface area contributed by atoms with Gasteiger partial charge in [-0.05, 0) is 18.4 Å². The van der Waals surface area contributed by atoms with Crippen molar-refractivity contribution >= 4 is 5.97 Å². The van der Waals surface area contributed by atoms with E-state index >= 15 is 0 Å². The smallest absolute Gasteiger partial charge is 0.334 e. The zero-order valence-corrected chi connectivity index (χ0v) is 8.34. The predicted octanol–water partition coefficient (Wildman–Crippen LogP) is 0.392. The van der Waals surface area contributed by atoms with E-state index in [-0.39, 0.29) is 0 Å². The van der Waals surface area contributed by atoms with E-state index in [9.17, 15) is 4.79 Å². The molecule has 4 heteroatoms. The van der Waals surface area contributed by atoms with Gasteiger partial charge >= 0.3 is 5.97 Å². The number of hydrogen-bond donors (Lipinski definition) is 3. The molecule has 0 heterocycles. The Bertz CT molecular complexity index is 313. The highest BCUT2D eigenvalue weighted by molar-refractivity contribution is 5.72. The average molecular weight is 209 g/mol. The van der Waals surface area contributed by atoms with Crippen molar-refractivity contribution in [1.29, 1.82) is 0 Å². The number of aliphatic hydroxyl groups is 1. The fourth-order valence-corrected chi connectivity index (χ4v) is 1.32. The lowest BCUT2D eigenvalue weighted by Crippen LogP contribution is -2.40. The number of carboxylic acids is 1. The Kier molecular flexibility index (Phi) is 4.27. The molecule has 0 aliphatic rings. The number of aliphatic carboxylic acids is 1. The first-order chi connectivity index (χ1) is 7.11. The lowest BCUT2D eigenvalue weighted by Gasteiger charge is -2.14. The van der Waals surface area contributed by atoms with Crippen LogP contribution in [0, 0.1) is 0 Å². The summed E-state index contributed by atoms with van der Waals surface area (Å²) in [5.41, 5.74) is 6.62. The van der Waals surface area contributed by atoms with Gasteiger partial charge in [-0.15, -0.1) is 0 Å². The molecule has 2 atom stereocenters. The molecule has 0 unspecified atom stereocenters. The lowest BCUT2D eigenvalue weighted by atomic mass is 10.0. The molecule has 0 aliphatic carbocycles. The van der Waals surface area contributed by atoms with Gasteiger partial charge in [-0.3, -0.25) is 0 Å². The van der Waals surface area contributed by atoms with Crippen LogP contribution in [0.2, 0.25) is 0 Å². The van der Waals surface area contributed by atoms with Crippen molar-refractivity contribution in [3.05, 3.63) is 35.9 Å². The van der Waals surface area contributed by atoms with E-state index in [2.05, 4.69) is 0 Å². The Labute approximate surface area is 88.3 Å². The third kappa shape index (κ3) is 3.69. The van der Waals surface area contributed by atoms with E-state index in [1.54, 1.807) is 0 Å². The second-order valence-corrected chi connectivity index (χ2v) is 3.47. The third-order valence-electron chi connectivity index (χ3n) is 2.27. The number of aryl methyl sites for hydroxylation is 1. The molecule has 0 bridgehead atoms. The summed E-state index contributed by atoms with van der Waals surface area (Å²) in [6.07, 6.45) is -0.349. The minimum atomic E-state index is -1.48. The standard InChI is InChI=1S/C11H15NO3/c12-9(10(13)11(14)15)7-6-8-4-2-1-3-5-8/h1-5,9-10,13H,6-7,12H2,(H,14,15)/t9-,10-/m1/s1. The maximum absolute atomic E-state index is 10.4. The van der Waals surface area contributed by atoms with Crippen LogP contribution in [0.15, 0.2) is 30.3 Å². The fraction of sp³-hybridized carbons (Fsp3) is 0.364. The molecular formula is C11H15NO3. The van der Waals surface area contributed by atoms with Gasteiger partial charge in [0.2, 0.25) is 0 Å². The van der Waals surface area contributed by atoms with Crippen LogP contribution < -0.4 is 5.73 Å².